The van der Waals surface area contributed by atoms with Gasteiger partial charge in [-0.15, -0.1) is 0 Å². The minimum Gasteiger partial charge on any atom is -0.481 e. The maximum atomic E-state index is 12.0. The number of aliphatic carboxylic acids is 2. The summed E-state index contributed by atoms with van der Waals surface area (Å²) >= 11 is 0. The normalized spacial score (nSPS) is 12.6. The molecule has 0 unspecified atom stereocenters. The van der Waals surface area contributed by atoms with Gasteiger partial charge in [0, 0.05) is 5.56 Å². The molecule has 21 heavy (non-hydrogen) atoms. The highest BCUT2D eigenvalue weighted by Gasteiger charge is 2.27. The summed E-state index contributed by atoms with van der Waals surface area (Å²) in [5.74, 6) is -3.42. The van der Waals surface area contributed by atoms with Crippen molar-refractivity contribution in [2.45, 2.75) is 24.3 Å². The second-order valence-electron chi connectivity index (χ2n) is 4.19. The largest absolute Gasteiger partial charge is 0.481 e. The number of rotatable bonds is 7. The highest BCUT2D eigenvalue weighted by atomic mass is 32.2. The maximum absolute atomic E-state index is 12.0. The molecule has 8 nitrogen and oxygen atoms in total. The van der Waals surface area contributed by atoms with Crippen LogP contribution in [0.3, 0.4) is 0 Å². The molecule has 0 aliphatic carbocycles. The number of carbonyl (C=O) groups is 3. The first kappa shape index (κ1) is 16.8. The molecule has 0 bridgehead atoms. The van der Waals surface area contributed by atoms with Crippen LogP contribution in [0.25, 0.3) is 0 Å². The Hall–Kier alpha value is -2.26. The Balaban J connectivity index is 3.10. The van der Waals surface area contributed by atoms with Gasteiger partial charge in [0.1, 0.15) is 6.04 Å². The van der Waals surface area contributed by atoms with E-state index in [2.05, 4.69) is 0 Å². The van der Waals surface area contributed by atoms with E-state index < -0.39 is 34.4 Å². The van der Waals surface area contributed by atoms with E-state index in [0.717, 1.165) is 6.07 Å². The third-order valence-corrected chi connectivity index (χ3v) is 3.99. The van der Waals surface area contributed by atoms with Crippen LogP contribution in [-0.4, -0.2) is 42.4 Å². The molecule has 0 aliphatic heterocycles. The second kappa shape index (κ2) is 6.46. The standard InChI is InChI=1S/C12H13NO7S/c1-7(14)8-3-2-4-9(5-8)21(19,20)13-10(12(17)18)6-11(15)16/h2-5,10,13H,6H2,1H3,(H,15,16)(H,17,18)/t10-/m1/s1. The fourth-order valence-corrected chi connectivity index (χ4v) is 2.73. The van der Waals surface area contributed by atoms with Crippen molar-refractivity contribution in [3.05, 3.63) is 29.8 Å². The minimum absolute atomic E-state index is 0.142. The number of benzene rings is 1. The van der Waals surface area contributed by atoms with E-state index in [9.17, 15) is 22.8 Å². The van der Waals surface area contributed by atoms with Gasteiger partial charge in [0.25, 0.3) is 0 Å². The smallest absolute Gasteiger partial charge is 0.322 e. The van der Waals surface area contributed by atoms with Gasteiger partial charge in [-0.1, -0.05) is 12.1 Å². The number of carbonyl (C=O) groups excluding carboxylic acids is 1. The molecular formula is C12H13NO7S. The Labute approximate surface area is 120 Å². The Bertz CT molecular complexity index is 681. The van der Waals surface area contributed by atoms with Crippen LogP contribution in [-0.2, 0) is 19.6 Å². The molecule has 0 saturated carbocycles. The summed E-state index contributed by atoms with van der Waals surface area (Å²) in [7, 11) is -4.25. The van der Waals surface area contributed by atoms with Crippen molar-refractivity contribution >= 4 is 27.7 Å². The zero-order chi connectivity index (χ0) is 16.2. The molecule has 1 rings (SSSR count). The van der Waals surface area contributed by atoms with Crippen LogP contribution >= 0.6 is 0 Å². The number of carboxylic acids is 2. The van der Waals surface area contributed by atoms with E-state index in [1.54, 1.807) is 4.72 Å². The molecule has 9 heteroatoms. The lowest BCUT2D eigenvalue weighted by Crippen LogP contribution is -2.42. The van der Waals surface area contributed by atoms with Gasteiger partial charge in [-0.3, -0.25) is 14.4 Å². The van der Waals surface area contributed by atoms with Crippen LogP contribution in [0.15, 0.2) is 29.2 Å². The minimum atomic E-state index is -4.25. The summed E-state index contributed by atoms with van der Waals surface area (Å²) in [6.45, 7) is 1.25. The summed E-state index contributed by atoms with van der Waals surface area (Å²) < 4.78 is 25.8. The molecule has 3 N–H and O–H groups in total. The summed E-state index contributed by atoms with van der Waals surface area (Å²) in [6, 6.07) is 3.21. The molecule has 0 aromatic heterocycles. The maximum Gasteiger partial charge on any atom is 0.322 e. The zero-order valence-electron chi connectivity index (χ0n) is 10.9. The number of carboxylic acid groups (broad SMARTS) is 2. The van der Waals surface area contributed by atoms with Gasteiger partial charge >= 0.3 is 11.9 Å². The summed E-state index contributed by atoms with van der Waals surface area (Å²) in [5.41, 5.74) is 0.142. The van der Waals surface area contributed by atoms with Crippen molar-refractivity contribution in [1.82, 2.24) is 4.72 Å². The number of nitrogens with one attached hydrogen (secondary N) is 1. The van der Waals surface area contributed by atoms with Crippen molar-refractivity contribution in [1.29, 1.82) is 0 Å². The topological polar surface area (TPSA) is 138 Å². The van der Waals surface area contributed by atoms with E-state index in [4.69, 9.17) is 10.2 Å². The highest BCUT2D eigenvalue weighted by Crippen LogP contribution is 2.13. The molecule has 114 valence electrons. The first-order valence-corrected chi connectivity index (χ1v) is 7.19. The van der Waals surface area contributed by atoms with Crippen molar-refractivity contribution in [2.75, 3.05) is 0 Å². The molecule has 0 aliphatic rings. The van der Waals surface area contributed by atoms with Crippen molar-refractivity contribution in [3.8, 4) is 0 Å². The summed E-state index contributed by atoms with van der Waals surface area (Å²) in [5, 5.41) is 17.4. The molecule has 1 aromatic rings. The van der Waals surface area contributed by atoms with E-state index in [0.29, 0.717) is 0 Å². The summed E-state index contributed by atoms with van der Waals surface area (Å²) in [6.07, 6.45) is -0.902. The van der Waals surface area contributed by atoms with E-state index in [-0.39, 0.29) is 16.2 Å². The Morgan fingerprint density at radius 1 is 1.24 bits per heavy atom. The molecule has 1 aromatic carbocycles. The fraction of sp³-hybridized carbons (Fsp3) is 0.250. The van der Waals surface area contributed by atoms with E-state index in [1.165, 1.54) is 25.1 Å². The van der Waals surface area contributed by atoms with E-state index in [1.807, 2.05) is 0 Å². The predicted molar refractivity (Wildman–Crippen MR) is 70.4 cm³/mol. The molecule has 0 heterocycles. The van der Waals surface area contributed by atoms with Crippen molar-refractivity contribution in [2.24, 2.45) is 0 Å². The number of sulfonamides is 1. The fourth-order valence-electron chi connectivity index (χ4n) is 1.49. The van der Waals surface area contributed by atoms with Gasteiger partial charge in [0.15, 0.2) is 5.78 Å². The average molecular weight is 315 g/mol. The first-order chi connectivity index (χ1) is 9.63. The molecule has 1 atom stereocenters. The van der Waals surface area contributed by atoms with Gasteiger partial charge in [-0.2, -0.15) is 4.72 Å². The van der Waals surface area contributed by atoms with Crippen LogP contribution in [0.2, 0.25) is 0 Å². The third-order valence-electron chi connectivity index (χ3n) is 2.53. The van der Waals surface area contributed by atoms with Crippen molar-refractivity contribution in [3.63, 3.8) is 0 Å². The van der Waals surface area contributed by atoms with Crippen molar-refractivity contribution < 1.29 is 33.0 Å². The van der Waals surface area contributed by atoms with Crippen LogP contribution in [0.4, 0.5) is 0 Å². The van der Waals surface area contributed by atoms with Gasteiger partial charge in [-0.05, 0) is 19.1 Å². The second-order valence-corrected chi connectivity index (χ2v) is 5.91. The van der Waals surface area contributed by atoms with Gasteiger partial charge in [0.2, 0.25) is 10.0 Å². The van der Waals surface area contributed by atoms with Crippen LogP contribution in [0, 0.1) is 0 Å². The van der Waals surface area contributed by atoms with E-state index >= 15 is 0 Å². The lowest BCUT2D eigenvalue weighted by Gasteiger charge is -2.13. The molecule has 0 radical (unpaired) electrons. The Kier molecular flexibility index (Phi) is 5.17. The zero-order valence-corrected chi connectivity index (χ0v) is 11.8. The molecule has 0 amide bonds. The summed E-state index contributed by atoms with van der Waals surface area (Å²) in [4.78, 5) is 32.3. The molecule has 0 fully saturated rings. The monoisotopic (exact) mass is 315 g/mol. The number of Topliss-reactive ketones (excluding diaryl/α,β-unsaturated/α-hetero) is 1. The van der Waals surface area contributed by atoms with Gasteiger partial charge in [-0.25, -0.2) is 8.42 Å². The number of ketones is 1. The average Bonchev–Trinajstić information content (AvgIpc) is 2.37. The molecule has 0 spiro atoms. The highest BCUT2D eigenvalue weighted by molar-refractivity contribution is 7.89. The van der Waals surface area contributed by atoms with Crippen LogP contribution in [0.5, 0.6) is 0 Å². The SMILES string of the molecule is CC(=O)c1cccc(S(=O)(=O)N[C@H](CC(=O)O)C(=O)O)c1. The number of hydrogen-bond acceptors (Lipinski definition) is 5. The van der Waals surface area contributed by atoms with Crippen LogP contribution in [0.1, 0.15) is 23.7 Å². The molecular weight excluding hydrogens is 302 g/mol. The van der Waals surface area contributed by atoms with Gasteiger partial charge < -0.3 is 10.2 Å². The Morgan fingerprint density at radius 3 is 2.33 bits per heavy atom. The lowest BCUT2D eigenvalue weighted by atomic mass is 10.2. The molecule has 0 saturated heterocycles. The number of hydrogen-bond donors (Lipinski definition) is 3. The van der Waals surface area contributed by atoms with Crippen LogP contribution < -0.4 is 4.72 Å². The quantitative estimate of drug-likeness (QED) is 0.606. The predicted octanol–water partition coefficient (Wildman–Crippen LogP) is 0.0954. The lowest BCUT2D eigenvalue weighted by molar-refractivity contribution is -0.145. The Morgan fingerprint density at radius 2 is 1.86 bits per heavy atom. The first-order valence-electron chi connectivity index (χ1n) is 5.71. The van der Waals surface area contributed by atoms with Gasteiger partial charge in [0.05, 0.1) is 11.3 Å². The third kappa shape index (κ3) is 4.65.